The summed E-state index contributed by atoms with van der Waals surface area (Å²) in [5.74, 6) is -0.134. The van der Waals surface area contributed by atoms with Crippen LogP contribution in [0.4, 0.5) is 4.79 Å². The minimum Gasteiger partial charge on any atom is -0.443 e. The molecule has 1 aromatic heterocycles. The fourth-order valence-corrected chi connectivity index (χ4v) is 2.33. The third-order valence-corrected chi connectivity index (χ3v) is 3.61. The van der Waals surface area contributed by atoms with Gasteiger partial charge in [-0.3, -0.25) is 9.36 Å². The maximum Gasteiger partial charge on any atom is 0.419 e. The van der Waals surface area contributed by atoms with E-state index in [1.165, 1.54) is 4.57 Å². The molecule has 0 aliphatic rings. The number of aromatic nitrogens is 1. The molecule has 0 spiro atoms. The molecule has 23 heavy (non-hydrogen) atoms. The number of benzene rings is 1. The van der Waals surface area contributed by atoms with Crippen molar-refractivity contribution < 1.29 is 14.3 Å². The molecule has 2 rings (SSSR count). The van der Waals surface area contributed by atoms with Gasteiger partial charge in [-0.05, 0) is 32.4 Å². The predicted molar refractivity (Wildman–Crippen MR) is 91.6 cm³/mol. The molecule has 0 fully saturated rings. The molecule has 0 saturated heterocycles. The van der Waals surface area contributed by atoms with Gasteiger partial charge in [0.25, 0.3) is 0 Å². The minimum atomic E-state index is -0.574. The first-order chi connectivity index (χ1) is 10.7. The molecule has 0 bridgehead atoms. The van der Waals surface area contributed by atoms with E-state index in [1.807, 2.05) is 52.0 Å². The van der Waals surface area contributed by atoms with Gasteiger partial charge in [-0.2, -0.15) is 0 Å². The zero-order valence-electron chi connectivity index (χ0n) is 14.1. The Morgan fingerprint density at radius 3 is 2.57 bits per heavy atom. The highest BCUT2D eigenvalue weighted by Gasteiger charge is 2.21. The molecule has 1 atom stereocenters. The van der Waals surface area contributed by atoms with E-state index in [9.17, 15) is 9.59 Å². The highest BCUT2D eigenvalue weighted by Crippen LogP contribution is 2.24. The molecule has 4 heteroatoms. The van der Waals surface area contributed by atoms with Gasteiger partial charge >= 0.3 is 6.09 Å². The van der Waals surface area contributed by atoms with Crippen molar-refractivity contribution in [2.24, 2.45) is 5.92 Å². The summed E-state index contributed by atoms with van der Waals surface area (Å²) in [6.45, 7) is 11.0. The van der Waals surface area contributed by atoms with E-state index >= 15 is 0 Å². The first-order valence-electron chi connectivity index (χ1n) is 7.70. The lowest BCUT2D eigenvalue weighted by Crippen LogP contribution is -2.26. The Kier molecular flexibility index (Phi) is 4.73. The van der Waals surface area contributed by atoms with Crippen molar-refractivity contribution in [3.05, 3.63) is 48.7 Å². The fraction of sp³-hybridized carbons (Fsp3) is 0.368. The highest BCUT2D eigenvalue weighted by atomic mass is 16.6. The third-order valence-electron chi connectivity index (χ3n) is 3.61. The first-order valence-corrected chi connectivity index (χ1v) is 7.70. The van der Waals surface area contributed by atoms with Crippen molar-refractivity contribution in [1.29, 1.82) is 0 Å². The Morgan fingerprint density at radius 1 is 1.30 bits per heavy atom. The zero-order valence-corrected chi connectivity index (χ0v) is 14.1. The van der Waals surface area contributed by atoms with Crippen LogP contribution < -0.4 is 0 Å². The van der Waals surface area contributed by atoms with Crippen molar-refractivity contribution >= 4 is 22.8 Å². The second kappa shape index (κ2) is 6.41. The molecule has 1 heterocycles. The molecule has 0 amide bonds. The van der Waals surface area contributed by atoms with Crippen molar-refractivity contribution in [2.75, 3.05) is 0 Å². The van der Waals surface area contributed by atoms with Gasteiger partial charge in [0.15, 0.2) is 0 Å². The number of Topliss-reactive ketones (excluding diaryl/α,β-unsaturated/α-hetero) is 1. The van der Waals surface area contributed by atoms with E-state index < -0.39 is 11.7 Å². The second-order valence-corrected chi connectivity index (χ2v) is 6.69. The summed E-state index contributed by atoms with van der Waals surface area (Å²) in [6, 6.07) is 7.52. The molecular formula is C19H23NO3. The van der Waals surface area contributed by atoms with Gasteiger partial charge in [-0.15, -0.1) is 6.58 Å². The van der Waals surface area contributed by atoms with Crippen LogP contribution in [0.1, 0.15) is 33.3 Å². The number of rotatable bonds is 4. The van der Waals surface area contributed by atoms with Gasteiger partial charge in [0.2, 0.25) is 0 Å². The summed E-state index contributed by atoms with van der Waals surface area (Å²) in [7, 11) is 0. The van der Waals surface area contributed by atoms with Crippen LogP contribution in [-0.2, 0) is 16.0 Å². The van der Waals surface area contributed by atoms with Crippen molar-refractivity contribution in [3.63, 3.8) is 0 Å². The zero-order chi connectivity index (χ0) is 17.2. The number of allylic oxidation sites excluding steroid dienone is 1. The minimum absolute atomic E-state index is 0.0760. The predicted octanol–water partition coefficient (Wildman–Crippen LogP) is 4.36. The van der Waals surface area contributed by atoms with E-state index in [-0.39, 0.29) is 18.1 Å². The number of carbonyl (C=O) groups excluding carboxylic acids is 2. The lowest BCUT2D eigenvalue weighted by molar-refractivity contribution is -0.120. The largest absolute Gasteiger partial charge is 0.443 e. The summed E-state index contributed by atoms with van der Waals surface area (Å²) in [4.78, 5) is 24.6. The van der Waals surface area contributed by atoms with Gasteiger partial charge in [-0.1, -0.05) is 31.2 Å². The van der Waals surface area contributed by atoms with Crippen LogP contribution in [0.3, 0.4) is 0 Å². The van der Waals surface area contributed by atoms with Crippen LogP contribution >= 0.6 is 0 Å². The molecule has 0 saturated carbocycles. The van der Waals surface area contributed by atoms with Gasteiger partial charge in [0.05, 0.1) is 5.52 Å². The SMILES string of the molecule is C=CC(C)C(=O)Cc1cn(C(=O)OC(C)(C)C)c2ccccc12. The lowest BCUT2D eigenvalue weighted by Gasteiger charge is -2.19. The van der Waals surface area contributed by atoms with Crippen LogP contribution in [0.5, 0.6) is 0 Å². The molecule has 0 aliphatic carbocycles. The number of fused-ring (bicyclic) bond motifs is 1. The molecule has 122 valence electrons. The number of carbonyl (C=O) groups is 2. The van der Waals surface area contributed by atoms with E-state index in [2.05, 4.69) is 6.58 Å². The van der Waals surface area contributed by atoms with Crippen molar-refractivity contribution in [1.82, 2.24) is 4.57 Å². The molecule has 2 aromatic rings. The topological polar surface area (TPSA) is 48.3 Å². The molecule has 4 nitrogen and oxygen atoms in total. The first kappa shape index (κ1) is 17.0. The number of ketones is 1. The molecule has 1 aromatic carbocycles. The number of hydrogen-bond donors (Lipinski definition) is 0. The van der Waals surface area contributed by atoms with Crippen molar-refractivity contribution in [2.45, 2.75) is 39.7 Å². The van der Waals surface area contributed by atoms with Gasteiger partial charge in [0.1, 0.15) is 11.4 Å². The number of hydrogen-bond acceptors (Lipinski definition) is 3. The van der Waals surface area contributed by atoms with Crippen LogP contribution in [0.15, 0.2) is 43.1 Å². The van der Waals surface area contributed by atoms with Crippen LogP contribution in [0.25, 0.3) is 10.9 Å². The number of para-hydroxylation sites is 1. The molecule has 0 radical (unpaired) electrons. The summed E-state index contributed by atoms with van der Waals surface area (Å²) in [5, 5.41) is 0.892. The van der Waals surface area contributed by atoms with Crippen LogP contribution in [-0.4, -0.2) is 22.0 Å². The molecule has 0 N–H and O–H groups in total. The average molecular weight is 313 g/mol. The summed E-state index contributed by atoms with van der Waals surface area (Å²) in [6.07, 6.45) is 3.16. The van der Waals surface area contributed by atoms with E-state index in [0.29, 0.717) is 0 Å². The van der Waals surface area contributed by atoms with Gasteiger partial charge < -0.3 is 4.74 Å². The van der Waals surface area contributed by atoms with Crippen LogP contribution in [0.2, 0.25) is 0 Å². The summed E-state index contributed by atoms with van der Waals surface area (Å²) < 4.78 is 6.92. The molecule has 1 unspecified atom stereocenters. The number of ether oxygens (including phenoxy) is 1. The fourth-order valence-electron chi connectivity index (χ4n) is 2.33. The molecular weight excluding hydrogens is 290 g/mol. The lowest BCUT2D eigenvalue weighted by atomic mass is 9.99. The maximum atomic E-state index is 12.4. The monoisotopic (exact) mass is 313 g/mol. The Morgan fingerprint density at radius 2 is 1.96 bits per heavy atom. The van der Waals surface area contributed by atoms with Gasteiger partial charge in [0, 0.05) is 23.9 Å². The smallest absolute Gasteiger partial charge is 0.419 e. The van der Waals surface area contributed by atoms with E-state index in [1.54, 1.807) is 12.3 Å². The Balaban J connectivity index is 2.42. The third kappa shape index (κ3) is 3.89. The quantitative estimate of drug-likeness (QED) is 0.788. The van der Waals surface area contributed by atoms with E-state index in [4.69, 9.17) is 4.74 Å². The van der Waals surface area contributed by atoms with E-state index in [0.717, 1.165) is 16.5 Å². The Bertz CT molecular complexity index is 750. The number of nitrogens with zero attached hydrogens (tertiary/aromatic N) is 1. The van der Waals surface area contributed by atoms with Gasteiger partial charge in [-0.25, -0.2) is 4.79 Å². The normalized spacial score (nSPS) is 12.9. The highest BCUT2D eigenvalue weighted by molar-refractivity contribution is 5.95. The summed E-state index contributed by atoms with van der Waals surface area (Å²) in [5.41, 5.74) is 0.997. The maximum absolute atomic E-state index is 12.4. The average Bonchev–Trinajstić information content (AvgIpc) is 2.84. The summed E-state index contributed by atoms with van der Waals surface area (Å²) >= 11 is 0. The second-order valence-electron chi connectivity index (χ2n) is 6.69. The van der Waals surface area contributed by atoms with Crippen LogP contribution in [0, 0.1) is 5.92 Å². The van der Waals surface area contributed by atoms with Crippen molar-refractivity contribution in [3.8, 4) is 0 Å². The Labute approximate surface area is 136 Å². The Hall–Kier alpha value is -2.36. The molecule has 0 aliphatic heterocycles. The standard InChI is InChI=1S/C19H23NO3/c1-6-13(2)17(21)11-14-12-20(18(22)23-19(3,4)5)16-10-8-7-9-15(14)16/h6-10,12-13H,1,11H2,2-5H3.